The van der Waals surface area contributed by atoms with E-state index in [1.807, 2.05) is 48.5 Å². The second kappa shape index (κ2) is 18.5. The SMILES string of the molecule is CC(C)[C@H](NC(=O)OCC1c2ccccc2-c2ccccc21)C(=O)NC(=O)[C@H](CCCN)N(C(N)=O)c1ccc(COC(=O)Oc2ccc([N+](=O)[O-])cc2)cc1. The Morgan fingerprint density at radius 1 is 0.839 bits per heavy atom. The number of nitrogens with two attached hydrogens (primary N) is 2. The van der Waals surface area contributed by atoms with E-state index in [1.165, 1.54) is 48.5 Å². The fourth-order valence-electron chi connectivity index (χ4n) is 6.39. The topological polar surface area (TPSA) is 236 Å². The van der Waals surface area contributed by atoms with E-state index >= 15 is 0 Å². The van der Waals surface area contributed by atoms with E-state index in [1.54, 1.807) is 13.8 Å². The normalized spacial score (nSPS) is 12.7. The molecule has 0 heterocycles. The van der Waals surface area contributed by atoms with Gasteiger partial charge in [-0.1, -0.05) is 74.5 Å². The van der Waals surface area contributed by atoms with E-state index in [4.69, 9.17) is 25.7 Å². The van der Waals surface area contributed by atoms with E-state index in [-0.39, 0.29) is 49.2 Å². The summed E-state index contributed by atoms with van der Waals surface area (Å²) < 4.78 is 15.8. The molecule has 0 spiro atoms. The van der Waals surface area contributed by atoms with Crippen LogP contribution < -0.4 is 31.7 Å². The fourth-order valence-corrected chi connectivity index (χ4v) is 6.39. The molecule has 5 amide bonds. The number of hydrogen-bond donors (Lipinski definition) is 4. The number of imide groups is 1. The molecule has 0 aromatic heterocycles. The number of nitrogens with one attached hydrogen (secondary N) is 2. The molecule has 2 atom stereocenters. The van der Waals surface area contributed by atoms with Crippen LogP contribution in [0.3, 0.4) is 0 Å². The van der Waals surface area contributed by atoms with E-state index < -0.39 is 53.0 Å². The number of rotatable bonds is 15. The number of primary amides is 1. The van der Waals surface area contributed by atoms with Gasteiger partial charge < -0.3 is 31.0 Å². The highest BCUT2D eigenvalue weighted by atomic mass is 16.7. The summed E-state index contributed by atoms with van der Waals surface area (Å²) >= 11 is 0. The molecule has 4 aromatic rings. The number of fused-ring (bicyclic) bond motifs is 3. The first-order chi connectivity index (χ1) is 26.9. The molecule has 1 aliphatic rings. The molecule has 0 unspecified atom stereocenters. The number of nitro groups is 1. The number of non-ortho nitro benzene ring substituents is 1. The van der Waals surface area contributed by atoms with Crippen molar-refractivity contribution in [1.82, 2.24) is 10.6 Å². The van der Waals surface area contributed by atoms with Crippen molar-refractivity contribution in [2.24, 2.45) is 17.4 Å². The minimum Gasteiger partial charge on any atom is -0.449 e. The number of amides is 5. The Labute approximate surface area is 322 Å². The summed E-state index contributed by atoms with van der Waals surface area (Å²) in [6.07, 6.45) is -1.55. The zero-order chi connectivity index (χ0) is 40.4. The van der Waals surface area contributed by atoms with Gasteiger partial charge in [0, 0.05) is 23.7 Å². The van der Waals surface area contributed by atoms with E-state index in [9.17, 15) is 34.1 Å². The third-order valence-corrected chi connectivity index (χ3v) is 9.17. The summed E-state index contributed by atoms with van der Waals surface area (Å²) in [5.74, 6) is -2.27. The van der Waals surface area contributed by atoms with Gasteiger partial charge in [0.15, 0.2) is 0 Å². The molecule has 0 bridgehead atoms. The molecule has 56 heavy (non-hydrogen) atoms. The Morgan fingerprint density at radius 3 is 2.00 bits per heavy atom. The Kier molecular flexibility index (Phi) is 13.3. The molecule has 292 valence electrons. The number of ether oxygens (including phenoxy) is 3. The summed E-state index contributed by atoms with van der Waals surface area (Å²) in [5, 5.41) is 15.7. The van der Waals surface area contributed by atoms with E-state index in [2.05, 4.69) is 10.6 Å². The maximum atomic E-state index is 13.7. The van der Waals surface area contributed by atoms with Gasteiger partial charge in [0.05, 0.1) is 4.92 Å². The number of carbonyl (C=O) groups is 5. The number of carbonyl (C=O) groups excluding carboxylic acids is 5. The minimum atomic E-state index is -1.26. The highest BCUT2D eigenvalue weighted by molar-refractivity contribution is 6.06. The van der Waals surface area contributed by atoms with Crippen molar-refractivity contribution in [3.05, 3.63) is 124 Å². The molecule has 16 nitrogen and oxygen atoms in total. The number of alkyl carbamates (subject to hydrolysis) is 1. The largest absolute Gasteiger partial charge is 0.514 e. The average molecular weight is 767 g/mol. The number of anilines is 1. The molecule has 1 aliphatic carbocycles. The summed E-state index contributed by atoms with van der Waals surface area (Å²) in [6, 6.07) is 23.2. The Morgan fingerprint density at radius 2 is 1.45 bits per heavy atom. The van der Waals surface area contributed by atoms with Gasteiger partial charge in [0.1, 0.15) is 31.0 Å². The van der Waals surface area contributed by atoms with Crippen LogP contribution >= 0.6 is 0 Å². The van der Waals surface area contributed by atoms with Crippen LogP contribution in [0.5, 0.6) is 5.75 Å². The lowest BCUT2D eigenvalue weighted by molar-refractivity contribution is -0.384. The lowest BCUT2D eigenvalue weighted by atomic mass is 9.98. The molecule has 0 saturated carbocycles. The average Bonchev–Trinajstić information content (AvgIpc) is 3.50. The van der Waals surface area contributed by atoms with Gasteiger partial charge in [-0.05, 0) is 77.4 Å². The highest BCUT2D eigenvalue weighted by Gasteiger charge is 2.34. The molecule has 4 aromatic carbocycles. The maximum absolute atomic E-state index is 13.7. The molecule has 0 aliphatic heterocycles. The minimum absolute atomic E-state index is 0.0249. The molecular weight excluding hydrogens is 724 g/mol. The monoisotopic (exact) mass is 766 g/mol. The Balaban J connectivity index is 1.20. The van der Waals surface area contributed by atoms with Gasteiger partial charge in [-0.25, -0.2) is 14.4 Å². The maximum Gasteiger partial charge on any atom is 0.514 e. The quantitative estimate of drug-likeness (QED) is 0.0510. The highest BCUT2D eigenvalue weighted by Crippen LogP contribution is 2.44. The van der Waals surface area contributed by atoms with Crippen molar-refractivity contribution >= 4 is 41.5 Å². The van der Waals surface area contributed by atoms with Gasteiger partial charge in [-0.2, -0.15) is 0 Å². The zero-order valence-electron chi connectivity index (χ0n) is 30.7. The van der Waals surface area contributed by atoms with Crippen LogP contribution in [0.15, 0.2) is 97.1 Å². The number of benzene rings is 4. The molecule has 6 N–H and O–H groups in total. The first kappa shape index (κ1) is 40.4. The lowest BCUT2D eigenvalue weighted by Gasteiger charge is -2.30. The summed E-state index contributed by atoms with van der Waals surface area (Å²) in [7, 11) is 0. The third kappa shape index (κ3) is 9.83. The van der Waals surface area contributed by atoms with Crippen molar-refractivity contribution < 1.29 is 43.1 Å². The summed E-state index contributed by atoms with van der Waals surface area (Å²) in [4.78, 5) is 76.5. The van der Waals surface area contributed by atoms with Crippen molar-refractivity contribution in [3.8, 4) is 16.9 Å². The predicted molar refractivity (Wildman–Crippen MR) is 204 cm³/mol. The standard InChI is InChI=1S/C40H42N6O10/c1-24(2)35(43-39(50)54-23-33-31-10-5-3-8-29(31)30-9-4-6-11-32(30)33)37(48)44-36(47)34(12-7-21-41)45(38(42)49)26-15-13-25(14-16-26)22-55-40(51)56-28-19-17-27(18-20-28)46(52)53/h3-6,8-11,13-20,24,33-35H,7,12,21-23,41H2,1-2H3,(H2,42,49)(H,43,50)(H,44,47,48)/t34-,35-/m0/s1. The van der Waals surface area contributed by atoms with Crippen molar-refractivity contribution in [2.45, 2.75) is 51.3 Å². The van der Waals surface area contributed by atoms with Crippen LogP contribution in [-0.4, -0.2) is 60.3 Å². The second-order valence-electron chi connectivity index (χ2n) is 13.3. The molecular formula is C40H42N6O10. The fraction of sp³-hybridized carbons (Fsp3) is 0.275. The van der Waals surface area contributed by atoms with Crippen LogP contribution in [-0.2, 0) is 25.7 Å². The number of hydrogen-bond acceptors (Lipinski definition) is 11. The van der Waals surface area contributed by atoms with Crippen LogP contribution in [0, 0.1) is 16.0 Å². The number of nitro benzene ring substituents is 1. The molecule has 5 rings (SSSR count). The van der Waals surface area contributed by atoms with Gasteiger partial charge in [0.25, 0.3) is 5.69 Å². The van der Waals surface area contributed by atoms with Gasteiger partial charge in [-0.15, -0.1) is 0 Å². The first-order valence-corrected chi connectivity index (χ1v) is 17.8. The number of nitrogens with zero attached hydrogens (tertiary/aromatic N) is 2. The summed E-state index contributed by atoms with van der Waals surface area (Å²) in [6.45, 7) is 3.36. The van der Waals surface area contributed by atoms with Gasteiger partial charge in [0.2, 0.25) is 11.8 Å². The van der Waals surface area contributed by atoms with E-state index in [0.717, 1.165) is 27.2 Å². The molecule has 0 saturated heterocycles. The number of urea groups is 1. The van der Waals surface area contributed by atoms with Gasteiger partial charge >= 0.3 is 18.3 Å². The van der Waals surface area contributed by atoms with Gasteiger partial charge in [-0.3, -0.25) is 29.9 Å². The Hall–Kier alpha value is -6.81. The van der Waals surface area contributed by atoms with Crippen molar-refractivity contribution in [3.63, 3.8) is 0 Å². The van der Waals surface area contributed by atoms with Crippen LogP contribution in [0.25, 0.3) is 11.1 Å². The van der Waals surface area contributed by atoms with Crippen molar-refractivity contribution in [2.75, 3.05) is 18.1 Å². The molecule has 16 heteroatoms. The molecule has 0 fully saturated rings. The second-order valence-corrected chi connectivity index (χ2v) is 13.3. The smallest absolute Gasteiger partial charge is 0.449 e. The molecule has 0 radical (unpaired) electrons. The first-order valence-electron chi connectivity index (χ1n) is 17.8. The van der Waals surface area contributed by atoms with Crippen LogP contribution in [0.2, 0.25) is 0 Å². The van der Waals surface area contributed by atoms with Crippen molar-refractivity contribution in [1.29, 1.82) is 0 Å². The lowest BCUT2D eigenvalue weighted by Crippen LogP contribution is -2.57. The predicted octanol–water partition coefficient (Wildman–Crippen LogP) is 5.51. The summed E-state index contributed by atoms with van der Waals surface area (Å²) in [5.41, 5.74) is 16.2. The van der Waals surface area contributed by atoms with E-state index in [0.29, 0.717) is 12.0 Å². The zero-order valence-corrected chi connectivity index (χ0v) is 30.7. The Bertz CT molecular complexity index is 2030. The third-order valence-electron chi connectivity index (χ3n) is 9.17. The van der Waals surface area contributed by atoms with Crippen LogP contribution in [0.1, 0.15) is 49.3 Å². The van der Waals surface area contributed by atoms with Crippen LogP contribution in [0.4, 0.5) is 25.8 Å².